The van der Waals surface area contributed by atoms with Crippen molar-refractivity contribution in [2.24, 2.45) is 0 Å². The molecule has 2 aromatic carbocycles. The summed E-state index contributed by atoms with van der Waals surface area (Å²) in [7, 11) is 0. The first-order valence-corrected chi connectivity index (χ1v) is 10.1. The third-order valence-electron chi connectivity index (χ3n) is 4.29. The number of carbonyl (C=O) groups excluding carboxylic acids is 1. The van der Waals surface area contributed by atoms with Crippen LogP contribution in [0.25, 0.3) is 21.3 Å². The van der Waals surface area contributed by atoms with E-state index in [9.17, 15) is 4.79 Å². The highest BCUT2D eigenvalue weighted by atomic mass is 32.1. The summed E-state index contributed by atoms with van der Waals surface area (Å²) in [5, 5.41) is 9.22. The normalized spacial score (nSPS) is 10.7. The zero-order valence-corrected chi connectivity index (χ0v) is 16.9. The number of carbonyl (C=O) groups is 1. The minimum absolute atomic E-state index is 0.109. The maximum absolute atomic E-state index is 11.3. The second-order valence-electron chi connectivity index (χ2n) is 6.40. The monoisotopic (exact) mass is 404 g/mol. The molecule has 0 radical (unpaired) electrons. The Morgan fingerprint density at radius 3 is 2.66 bits per heavy atom. The summed E-state index contributed by atoms with van der Waals surface area (Å²) in [6.07, 6.45) is 1.56. The molecule has 0 unspecified atom stereocenters. The zero-order chi connectivity index (χ0) is 20.2. The molecule has 2 N–H and O–H groups in total. The molecule has 0 atom stereocenters. The molecule has 0 aliphatic rings. The van der Waals surface area contributed by atoms with Gasteiger partial charge in [0.1, 0.15) is 22.7 Å². The lowest BCUT2D eigenvalue weighted by Gasteiger charge is -2.10. The van der Waals surface area contributed by atoms with Gasteiger partial charge < -0.3 is 15.4 Å². The zero-order valence-electron chi connectivity index (χ0n) is 16.1. The highest BCUT2D eigenvalue weighted by molar-refractivity contribution is 7.17. The molecule has 2 aromatic heterocycles. The lowest BCUT2D eigenvalue weighted by atomic mass is 10.1. The summed E-state index contributed by atoms with van der Waals surface area (Å²) < 4.78 is 5.54. The fourth-order valence-corrected chi connectivity index (χ4v) is 4.01. The van der Waals surface area contributed by atoms with Crippen LogP contribution in [0.5, 0.6) is 5.75 Å². The van der Waals surface area contributed by atoms with Crippen LogP contribution in [0.4, 0.5) is 17.2 Å². The van der Waals surface area contributed by atoms with Gasteiger partial charge >= 0.3 is 0 Å². The van der Waals surface area contributed by atoms with Crippen molar-refractivity contribution in [1.29, 1.82) is 0 Å². The molecule has 2 heterocycles. The summed E-state index contributed by atoms with van der Waals surface area (Å²) >= 11 is 1.58. The number of benzene rings is 2. The highest BCUT2D eigenvalue weighted by Gasteiger charge is 2.14. The molecular formula is C22H20N4O2S. The average Bonchev–Trinajstić information content (AvgIpc) is 3.14. The quantitative estimate of drug-likeness (QED) is 0.446. The van der Waals surface area contributed by atoms with Crippen molar-refractivity contribution >= 4 is 44.7 Å². The Balaban J connectivity index is 1.71. The van der Waals surface area contributed by atoms with Gasteiger partial charge in [0.25, 0.3) is 0 Å². The van der Waals surface area contributed by atoms with E-state index in [-0.39, 0.29) is 5.91 Å². The topological polar surface area (TPSA) is 76.1 Å². The van der Waals surface area contributed by atoms with Crippen LogP contribution in [0.15, 0.2) is 60.2 Å². The van der Waals surface area contributed by atoms with Gasteiger partial charge in [0.05, 0.1) is 12.0 Å². The first kappa shape index (κ1) is 18.9. The Hall–Kier alpha value is -3.45. The molecular weight excluding hydrogens is 384 g/mol. The van der Waals surface area contributed by atoms with E-state index in [1.807, 2.05) is 55.5 Å². The predicted octanol–water partition coefficient (Wildman–Crippen LogP) is 5.46. The molecule has 0 saturated carbocycles. The summed E-state index contributed by atoms with van der Waals surface area (Å²) in [6, 6.07) is 15.6. The Labute approximate surface area is 172 Å². The molecule has 0 fully saturated rings. The van der Waals surface area contributed by atoms with E-state index in [4.69, 9.17) is 4.74 Å². The standard InChI is InChI=1S/C22H20N4O2S/c1-3-28-18-9-7-15(8-10-18)19-12-29-22-20(19)21(23-13-24-22)26-17-6-4-5-16(11-17)25-14(2)27/h4-13H,3H2,1-2H3,(H,25,27)(H,23,24,26). The second kappa shape index (κ2) is 8.28. The first-order valence-electron chi connectivity index (χ1n) is 9.24. The fraction of sp³-hybridized carbons (Fsp3) is 0.136. The van der Waals surface area contributed by atoms with Crippen molar-refractivity contribution in [2.45, 2.75) is 13.8 Å². The van der Waals surface area contributed by atoms with Crippen LogP contribution < -0.4 is 15.4 Å². The number of ether oxygens (including phenoxy) is 1. The summed E-state index contributed by atoms with van der Waals surface area (Å²) in [5.41, 5.74) is 3.70. The van der Waals surface area contributed by atoms with Gasteiger partial charge in [-0.3, -0.25) is 4.79 Å². The third-order valence-corrected chi connectivity index (χ3v) is 5.18. The number of aromatic nitrogens is 2. The minimum Gasteiger partial charge on any atom is -0.494 e. The van der Waals surface area contributed by atoms with Gasteiger partial charge in [-0.1, -0.05) is 18.2 Å². The van der Waals surface area contributed by atoms with Gasteiger partial charge in [0.2, 0.25) is 5.91 Å². The number of hydrogen-bond acceptors (Lipinski definition) is 6. The minimum atomic E-state index is -0.109. The summed E-state index contributed by atoms with van der Waals surface area (Å²) in [5.74, 6) is 1.46. The number of anilines is 3. The van der Waals surface area contributed by atoms with E-state index in [0.717, 1.165) is 44.3 Å². The maximum atomic E-state index is 11.3. The smallest absolute Gasteiger partial charge is 0.221 e. The van der Waals surface area contributed by atoms with Crippen molar-refractivity contribution in [3.63, 3.8) is 0 Å². The van der Waals surface area contributed by atoms with Gasteiger partial charge in [0.15, 0.2) is 0 Å². The van der Waals surface area contributed by atoms with Crippen LogP contribution >= 0.6 is 11.3 Å². The van der Waals surface area contributed by atoms with Crippen molar-refractivity contribution in [1.82, 2.24) is 9.97 Å². The average molecular weight is 404 g/mol. The SMILES string of the molecule is CCOc1ccc(-c2csc3ncnc(Nc4cccc(NC(C)=O)c4)c23)cc1. The Morgan fingerprint density at radius 2 is 1.90 bits per heavy atom. The van der Waals surface area contributed by atoms with Gasteiger partial charge in [-0.15, -0.1) is 11.3 Å². The van der Waals surface area contributed by atoms with Gasteiger partial charge in [-0.25, -0.2) is 9.97 Å². The van der Waals surface area contributed by atoms with E-state index >= 15 is 0 Å². The molecule has 4 aromatic rings. The Kier molecular flexibility index (Phi) is 5.39. The van der Waals surface area contributed by atoms with Crippen LogP contribution in [0, 0.1) is 0 Å². The number of fused-ring (bicyclic) bond motifs is 1. The fourth-order valence-electron chi connectivity index (χ4n) is 3.09. The summed E-state index contributed by atoms with van der Waals surface area (Å²) in [4.78, 5) is 21.1. The second-order valence-corrected chi connectivity index (χ2v) is 7.25. The number of nitrogens with zero attached hydrogens (tertiary/aromatic N) is 2. The van der Waals surface area contributed by atoms with Gasteiger partial charge in [-0.05, 0) is 42.8 Å². The van der Waals surface area contributed by atoms with Crippen LogP contribution in [-0.4, -0.2) is 22.5 Å². The molecule has 7 heteroatoms. The van der Waals surface area contributed by atoms with Crippen LogP contribution in [0.3, 0.4) is 0 Å². The van der Waals surface area contributed by atoms with Gasteiger partial charge in [-0.2, -0.15) is 0 Å². The number of thiophene rings is 1. The number of rotatable bonds is 6. The number of amides is 1. The molecule has 0 aliphatic carbocycles. The largest absolute Gasteiger partial charge is 0.494 e. The van der Waals surface area contributed by atoms with Gasteiger partial charge in [0, 0.05) is 29.2 Å². The lowest BCUT2D eigenvalue weighted by molar-refractivity contribution is -0.114. The van der Waals surface area contributed by atoms with Crippen molar-refractivity contribution in [3.8, 4) is 16.9 Å². The van der Waals surface area contributed by atoms with E-state index < -0.39 is 0 Å². The van der Waals surface area contributed by atoms with E-state index in [2.05, 4.69) is 26.0 Å². The maximum Gasteiger partial charge on any atom is 0.221 e. The molecule has 6 nitrogen and oxygen atoms in total. The molecule has 0 bridgehead atoms. The predicted molar refractivity (Wildman–Crippen MR) is 118 cm³/mol. The molecule has 4 rings (SSSR count). The van der Waals surface area contributed by atoms with E-state index in [0.29, 0.717) is 6.61 Å². The molecule has 1 amide bonds. The number of hydrogen-bond donors (Lipinski definition) is 2. The lowest BCUT2D eigenvalue weighted by Crippen LogP contribution is -2.05. The van der Waals surface area contributed by atoms with Crippen LogP contribution in [0.1, 0.15) is 13.8 Å². The molecule has 146 valence electrons. The molecule has 0 spiro atoms. The molecule has 0 saturated heterocycles. The molecule has 29 heavy (non-hydrogen) atoms. The number of nitrogens with one attached hydrogen (secondary N) is 2. The van der Waals surface area contributed by atoms with Crippen LogP contribution in [-0.2, 0) is 4.79 Å². The van der Waals surface area contributed by atoms with Crippen molar-refractivity contribution < 1.29 is 9.53 Å². The van der Waals surface area contributed by atoms with Crippen molar-refractivity contribution in [3.05, 3.63) is 60.2 Å². The Bertz CT molecular complexity index is 1160. The summed E-state index contributed by atoms with van der Waals surface area (Å²) in [6.45, 7) is 4.10. The van der Waals surface area contributed by atoms with Crippen molar-refractivity contribution in [2.75, 3.05) is 17.2 Å². The van der Waals surface area contributed by atoms with Crippen LogP contribution in [0.2, 0.25) is 0 Å². The highest BCUT2D eigenvalue weighted by Crippen LogP contribution is 2.38. The van der Waals surface area contributed by atoms with E-state index in [1.54, 1.807) is 17.7 Å². The third kappa shape index (κ3) is 4.20. The first-order chi connectivity index (χ1) is 14.1. The van der Waals surface area contributed by atoms with E-state index in [1.165, 1.54) is 6.92 Å². The molecule has 0 aliphatic heterocycles. The Morgan fingerprint density at radius 1 is 1.10 bits per heavy atom.